The van der Waals surface area contributed by atoms with Crippen LogP contribution in [-0.2, 0) is 12.8 Å². The van der Waals surface area contributed by atoms with Crippen molar-refractivity contribution < 1.29 is 14.2 Å². The van der Waals surface area contributed by atoms with Crippen LogP contribution in [-0.4, -0.2) is 30.3 Å². The Morgan fingerprint density at radius 3 is 2.70 bits per heavy atom. The molecule has 0 fully saturated rings. The van der Waals surface area contributed by atoms with Crippen LogP contribution in [0.1, 0.15) is 55.0 Å². The van der Waals surface area contributed by atoms with Crippen molar-refractivity contribution >= 4 is 33.2 Å². The van der Waals surface area contributed by atoms with Gasteiger partial charge in [-0.25, -0.2) is 4.98 Å². The van der Waals surface area contributed by atoms with Gasteiger partial charge in [-0.15, -0.1) is 11.3 Å². The Morgan fingerprint density at radius 2 is 1.89 bits per heavy atom. The van der Waals surface area contributed by atoms with Gasteiger partial charge in [0.2, 0.25) is 0 Å². The molecule has 8 heteroatoms. The summed E-state index contributed by atoms with van der Waals surface area (Å²) in [5.74, 6) is 2.65. The van der Waals surface area contributed by atoms with Crippen LogP contribution < -0.4 is 19.8 Å². The highest BCUT2D eigenvalue weighted by atomic mass is 35.5. The Kier molecular flexibility index (Phi) is 7.72. The Labute approximate surface area is 225 Å². The zero-order valence-electron chi connectivity index (χ0n) is 21.4. The van der Waals surface area contributed by atoms with E-state index >= 15 is 0 Å². The fourth-order valence-electron chi connectivity index (χ4n) is 4.83. The number of hydrogen-bond acceptors (Lipinski definition) is 6. The molecule has 0 bridgehead atoms. The first-order valence-corrected chi connectivity index (χ1v) is 14.0. The second-order valence-corrected chi connectivity index (χ2v) is 10.8. The molecule has 0 unspecified atom stereocenters. The predicted octanol–water partition coefficient (Wildman–Crippen LogP) is 7.16. The first-order chi connectivity index (χ1) is 18.0. The first kappa shape index (κ1) is 25.6. The summed E-state index contributed by atoms with van der Waals surface area (Å²) in [7, 11) is 1.56. The number of H-pyrrole nitrogens is 1. The molecule has 2 heterocycles. The Hall–Kier alpha value is -3.03. The lowest BCUT2D eigenvalue weighted by Crippen LogP contribution is -2.12. The summed E-state index contributed by atoms with van der Waals surface area (Å²) in [5, 5.41) is 1.11. The molecule has 2 aromatic carbocycles. The minimum Gasteiger partial charge on any atom is -0.493 e. The summed E-state index contributed by atoms with van der Waals surface area (Å²) in [6.07, 6.45) is 5.28. The smallest absolute Gasteiger partial charge is 0.260 e. The van der Waals surface area contributed by atoms with Crippen molar-refractivity contribution in [2.75, 3.05) is 20.3 Å². The molecule has 1 aliphatic rings. The van der Waals surface area contributed by atoms with Crippen molar-refractivity contribution in [3.05, 3.63) is 67.8 Å². The molecule has 194 valence electrons. The van der Waals surface area contributed by atoms with Gasteiger partial charge in [0.25, 0.3) is 5.56 Å². The van der Waals surface area contributed by atoms with Crippen molar-refractivity contribution in [3.63, 3.8) is 0 Å². The molecule has 1 aliphatic carbocycles. The number of aromatic nitrogens is 2. The molecular formula is C29H31ClN2O4S. The summed E-state index contributed by atoms with van der Waals surface area (Å²) in [4.78, 5) is 22.8. The maximum absolute atomic E-state index is 13.0. The summed E-state index contributed by atoms with van der Waals surface area (Å²) in [5.41, 5.74) is 2.91. The standard InChI is InChI=1S/C29H31ClN2O4S/c1-4-17(2)19-9-5-7-11-22(19)35-13-14-36-26-21(30)15-18(16-23(26)34-3)27-31-28(33)25-20-10-6-8-12-24(20)37-29(25)32-27/h5,7,9,11,15-17H,4,6,8,10,12-14H2,1-3H3,(H,31,32,33)/t17-/m1/s1. The molecule has 0 aliphatic heterocycles. The van der Waals surface area contributed by atoms with Crippen LogP contribution in [0.3, 0.4) is 0 Å². The number of halogens is 1. The molecule has 0 saturated heterocycles. The predicted molar refractivity (Wildman–Crippen MR) is 150 cm³/mol. The fraction of sp³-hybridized carbons (Fsp3) is 0.379. The van der Waals surface area contributed by atoms with E-state index in [9.17, 15) is 4.79 Å². The third-order valence-corrected chi connectivity index (χ3v) is 8.44. The zero-order valence-corrected chi connectivity index (χ0v) is 22.9. The maximum atomic E-state index is 13.0. The lowest BCUT2D eigenvalue weighted by molar-refractivity contribution is 0.210. The molecule has 5 rings (SSSR count). The number of nitrogens with zero attached hydrogens (tertiary/aromatic N) is 1. The van der Waals surface area contributed by atoms with E-state index in [1.54, 1.807) is 30.6 Å². The highest BCUT2D eigenvalue weighted by Crippen LogP contribution is 2.40. The van der Waals surface area contributed by atoms with Gasteiger partial charge in [-0.05, 0) is 67.3 Å². The van der Waals surface area contributed by atoms with Crippen LogP contribution >= 0.6 is 22.9 Å². The number of para-hydroxylation sites is 1. The van der Waals surface area contributed by atoms with E-state index in [0.717, 1.165) is 48.1 Å². The van der Waals surface area contributed by atoms with Crippen LogP contribution in [0.25, 0.3) is 21.6 Å². The molecule has 0 spiro atoms. The lowest BCUT2D eigenvalue weighted by Gasteiger charge is -2.17. The number of ether oxygens (including phenoxy) is 3. The van der Waals surface area contributed by atoms with Crippen LogP contribution in [0.5, 0.6) is 17.2 Å². The third-order valence-electron chi connectivity index (χ3n) is 6.98. The van der Waals surface area contributed by atoms with E-state index in [-0.39, 0.29) is 5.56 Å². The first-order valence-electron chi connectivity index (χ1n) is 12.8. The molecule has 1 N–H and O–H groups in total. The number of nitrogens with one attached hydrogen (secondary N) is 1. The van der Waals surface area contributed by atoms with Crippen molar-refractivity contribution in [2.24, 2.45) is 0 Å². The maximum Gasteiger partial charge on any atom is 0.260 e. The van der Waals surface area contributed by atoms with E-state index in [1.807, 2.05) is 18.2 Å². The van der Waals surface area contributed by atoms with Gasteiger partial charge >= 0.3 is 0 Å². The van der Waals surface area contributed by atoms with Crippen LogP contribution in [0.15, 0.2) is 41.2 Å². The third kappa shape index (κ3) is 5.20. The van der Waals surface area contributed by atoms with E-state index in [2.05, 4.69) is 24.9 Å². The van der Waals surface area contributed by atoms with Gasteiger partial charge in [0.1, 0.15) is 29.6 Å². The van der Waals surface area contributed by atoms with Crippen LogP contribution in [0, 0.1) is 0 Å². The Balaban J connectivity index is 1.34. The number of benzene rings is 2. The number of fused-ring (bicyclic) bond motifs is 3. The molecule has 0 saturated carbocycles. The van der Waals surface area contributed by atoms with Crippen molar-refractivity contribution in [1.82, 2.24) is 9.97 Å². The normalized spacial score (nSPS) is 13.8. The number of hydrogen-bond donors (Lipinski definition) is 1. The summed E-state index contributed by atoms with van der Waals surface area (Å²) in [6, 6.07) is 11.6. The van der Waals surface area contributed by atoms with Crippen molar-refractivity contribution in [3.8, 4) is 28.6 Å². The molecule has 0 amide bonds. The highest BCUT2D eigenvalue weighted by Gasteiger charge is 2.21. The minimum absolute atomic E-state index is 0.107. The van der Waals surface area contributed by atoms with E-state index in [4.69, 9.17) is 30.8 Å². The van der Waals surface area contributed by atoms with E-state index in [0.29, 0.717) is 47.0 Å². The number of aromatic amines is 1. The fourth-order valence-corrected chi connectivity index (χ4v) is 6.36. The number of thiophene rings is 1. The second-order valence-electron chi connectivity index (χ2n) is 9.34. The topological polar surface area (TPSA) is 73.4 Å². The SMILES string of the molecule is CC[C@@H](C)c1ccccc1OCCOc1c(Cl)cc(-c2nc3sc4c(c3c(=O)[nH]2)CCCC4)cc1OC. The average molecular weight is 539 g/mol. The van der Waals surface area contributed by atoms with Gasteiger partial charge < -0.3 is 19.2 Å². The molecule has 1 atom stereocenters. The number of aryl methyl sites for hydroxylation is 2. The van der Waals surface area contributed by atoms with E-state index < -0.39 is 0 Å². The van der Waals surface area contributed by atoms with Gasteiger partial charge in [0.05, 0.1) is 17.5 Å². The Morgan fingerprint density at radius 1 is 1.11 bits per heavy atom. The lowest BCUT2D eigenvalue weighted by atomic mass is 9.97. The van der Waals surface area contributed by atoms with Gasteiger partial charge in [-0.3, -0.25) is 4.79 Å². The monoisotopic (exact) mass is 538 g/mol. The molecule has 0 radical (unpaired) electrons. The zero-order chi connectivity index (χ0) is 25.9. The van der Waals surface area contributed by atoms with Crippen molar-refractivity contribution in [1.29, 1.82) is 0 Å². The Bertz CT molecular complexity index is 1480. The highest BCUT2D eigenvalue weighted by molar-refractivity contribution is 7.18. The average Bonchev–Trinajstić information content (AvgIpc) is 3.30. The molecule has 4 aromatic rings. The van der Waals surface area contributed by atoms with Gasteiger partial charge in [0.15, 0.2) is 11.5 Å². The number of methoxy groups -OCH3 is 1. The van der Waals surface area contributed by atoms with Crippen molar-refractivity contribution in [2.45, 2.75) is 51.9 Å². The van der Waals surface area contributed by atoms with Crippen LogP contribution in [0.4, 0.5) is 0 Å². The minimum atomic E-state index is -0.107. The molecule has 6 nitrogen and oxygen atoms in total. The largest absolute Gasteiger partial charge is 0.493 e. The molecule has 2 aromatic heterocycles. The van der Waals surface area contributed by atoms with Gasteiger partial charge in [0, 0.05) is 10.4 Å². The van der Waals surface area contributed by atoms with Crippen LogP contribution in [0.2, 0.25) is 5.02 Å². The quantitative estimate of drug-likeness (QED) is 0.229. The molecule has 37 heavy (non-hydrogen) atoms. The second kappa shape index (κ2) is 11.2. The molecular weight excluding hydrogens is 508 g/mol. The summed E-state index contributed by atoms with van der Waals surface area (Å²) < 4.78 is 17.6. The van der Waals surface area contributed by atoms with E-state index in [1.165, 1.54) is 16.0 Å². The van der Waals surface area contributed by atoms with Gasteiger partial charge in [-0.1, -0.05) is 43.6 Å². The number of rotatable bonds is 9. The summed E-state index contributed by atoms with van der Waals surface area (Å²) >= 11 is 8.24. The van der Waals surface area contributed by atoms with Gasteiger partial charge in [-0.2, -0.15) is 0 Å². The summed E-state index contributed by atoms with van der Waals surface area (Å²) in [6.45, 7) is 5.02.